The van der Waals surface area contributed by atoms with Crippen molar-refractivity contribution in [3.8, 4) is 5.75 Å². The number of nitro benzene ring substituents is 1. The maximum absolute atomic E-state index is 12.5. The lowest BCUT2D eigenvalue weighted by atomic mass is 10.1. The average Bonchev–Trinajstić information content (AvgIpc) is 3.15. The maximum Gasteiger partial charge on any atom is 0.271 e. The number of nitrogens with zero attached hydrogens (tertiary/aromatic N) is 1. The number of rotatable bonds is 6. The van der Waals surface area contributed by atoms with Crippen LogP contribution in [0.2, 0.25) is 0 Å². The molecule has 1 atom stereocenters. The standard InChI is InChI=1S/C19H19BrN2O5/c1-12-4-6-14(22(24)25)10-17(12)21-19(23)13-5-7-18(16(20)9-13)27-11-15-3-2-8-26-15/h4-7,9-10,15H,2-3,8,11H2,1H3,(H,21,23). The number of nitrogens with one attached hydrogen (secondary N) is 1. The quantitative estimate of drug-likeness (QED) is 0.534. The first-order chi connectivity index (χ1) is 12.9. The van der Waals surface area contributed by atoms with E-state index in [4.69, 9.17) is 9.47 Å². The van der Waals surface area contributed by atoms with Gasteiger partial charge in [0.25, 0.3) is 11.6 Å². The van der Waals surface area contributed by atoms with Crippen molar-refractivity contribution >= 4 is 33.2 Å². The van der Waals surface area contributed by atoms with Gasteiger partial charge in [0.05, 0.1) is 21.2 Å². The lowest BCUT2D eigenvalue weighted by Gasteiger charge is -2.13. The zero-order valence-electron chi connectivity index (χ0n) is 14.7. The van der Waals surface area contributed by atoms with Crippen molar-refractivity contribution in [2.45, 2.75) is 25.9 Å². The van der Waals surface area contributed by atoms with Crippen LogP contribution in [0.15, 0.2) is 40.9 Å². The highest BCUT2D eigenvalue weighted by molar-refractivity contribution is 9.10. The maximum atomic E-state index is 12.5. The average molecular weight is 435 g/mol. The largest absolute Gasteiger partial charge is 0.490 e. The number of non-ortho nitro benzene ring substituents is 1. The second-order valence-electron chi connectivity index (χ2n) is 6.30. The van der Waals surface area contributed by atoms with E-state index < -0.39 is 4.92 Å². The van der Waals surface area contributed by atoms with Gasteiger partial charge in [-0.15, -0.1) is 0 Å². The van der Waals surface area contributed by atoms with Gasteiger partial charge in [0.2, 0.25) is 0 Å². The Labute approximate surface area is 164 Å². The van der Waals surface area contributed by atoms with Gasteiger partial charge >= 0.3 is 0 Å². The van der Waals surface area contributed by atoms with Crippen LogP contribution in [-0.4, -0.2) is 30.1 Å². The molecule has 1 aliphatic rings. The molecule has 1 fully saturated rings. The highest BCUT2D eigenvalue weighted by atomic mass is 79.9. The Balaban J connectivity index is 1.69. The monoisotopic (exact) mass is 434 g/mol. The third-order valence-corrected chi connectivity index (χ3v) is 4.94. The second-order valence-corrected chi connectivity index (χ2v) is 7.16. The van der Waals surface area contributed by atoms with Crippen LogP contribution in [0.1, 0.15) is 28.8 Å². The van der Waals surface area contributed by atoms with E-state index in [1.807, 2.05) is 0 Å². The molecule has 142 valence electrons. The summed E-state index contributed by atoms with van der Waals surface area (Å²) in [6.07, 6.45) is 2.14. The van der Waals surface area contributed by atoms with Gasteiger partial charge in [0.1, 0.15) is 12.4 Å². The minimum atomic E-state index is -0.494. The molecule has 2 aromatic carbocycles. The molecule has 1 unspecified atom stereocenters. The van der Waals surface area contributed by atoms with Crippen molar-refractivity contribution in [3.63, 3.8) is 0 Å². The van der Waals surface area contributed by atoms with E-state index in [2.05, 4.69) is 21.2 Å². The molecule has 0 saturated carbocycles. The van der Waals surface area contributed by atoms with Crippen LogP contribution in [0.25, 0.3) is 0 Å². The number of hydrogen-bond donors (Lipinski definition) is 1. The van der Waals surface area contributed by atoms with E-state index in [1.54, 1.807) is 31.2 Å². The van der Waals surface area contributed by atoms with Crippen LogP contribution in [0, 0.1) is 17.0 Å². The fourth-order valence-electron chi connectivity index (χ4n) is 2.77. The molecule has 27 heavy (non-hydrogen) atoms. The normalized spacial score (nSPS) is 16.1. The lowest BCUT2D eigenvalue weighted by Crippen LogP contribution is -2.17. The van der Waals surface area contributed by atoms with Gasteiger partial charge < -0.3 is 14.8 Å². The number of amides is 1. The predicted molar refractivity (Wildman–Crippen MR) is 104 cm³/mol. The Morgan fingerprint density at radius 3 is 2.85 bits per heavy atom. The zero-order valence-corrected chi connectivity index (χ0v) is 16.3. The number of ether oxygens (including phenoxy) is 2. The van der Waals surface area contributed by atoms with Crippen LogP contribution in [0.4, 0.5) is 11.4 Å². The van der Waals surface area contributed by atoms with Crippen molar-refractivity contribution in [1.29, 1.82) is 0 Å². The third-order valence-electron chi connectivity index (χ3n) is 4.32. The van der Waals surface area contributed by atoms with E-state index in [1.165, 1.54) is 12.1 Å². The molecule has 1 saturated heterocycles. The van der Waals surface area contributed by atoms with Crippen molar-refractivity contribution < 1.29 is 19.2 Å². The van der Waals surface area contributed by atoms with Gasteiger partial charge in [0.15, 0.2) is 0 Å². The number of carbonyl (C=O) groups is 1. The molecule has 0 bridgehead atoms. The van der Waals surface area contributed by atoms with E-state index in [0.29, 0.717) is 28.1 Å². The van der Waals surface area contributed by atoms with Gasteiger partial charge in [-0.25, -0.2) is 0 Å². The predicted octanol–water partition coefficient (Wildman–Crippen LogP) is 4.48. The number of halogens is 1. The molecule has 3 rings (SSSR count). The molecule has 1 N–H and O–H groups in total. The van der Waals surface area contributed by atoms with E-state index in [9.17, 15) is 14.9 Å². The summed E-state index contributed by atoms with van der Waals surface area (Å²) < 4.78 is 11.9. The SMILES string of the molecule is Cc1ccc([N+](=O)[O-])cc1NC(=O)c1ccc(OCC2CCCO2)c(Br)c1. The number of aryl methyl sites for hydroxylation is 1. The molecule has 0 radical (unpaired) electrons. The number of carbonyl (C=O) groups excluding carboxylic acids is 1. The Morgan fingerprint density at radius 2 is 2.19 bits per heavy atom. The van der Waals surface area contributed by atoms with Crippen LogP contribution in [0.3, 0.4) is 0 Å². The fourth-order valence-corrected chi connectivity index (χ4v) is 3.26. The molecule has 0 aromatic heterocycles. The van der Waals surface area contributed by atoms with Gasteiger partial charge in [-0.1, -0.05) is 6.07 Å². The number of hydrogen-bond acceptors (Lipinski definition) is 5. The third kappa shape index (κ3) is 4.84. The summed E-state index contributed by atoms with van der Waals surface area (Å²) >= 11 is 3.42. The van der Waals surface area contributed by atoms with Gasteiger partial charge in [-0.3, -0.25) is 14.9 Å². The summed E-state index contributed by atoms with van der Waals surface area (Å²) in [7, 11) is 0. The molecule has 1 aliphatic heterocycles. The number of nitro groups is 1. The Morgan fingerprint density at radius 1 is 1.37 bits per heavy atom. The lowest BCUT2D eigenvalue weighted by molar-refractivity contribution is -0.384. The summed E-state index contributed by atoms with van der Waals surface area (Å²) in [6.45, 7) is 3.01. The smallest absolute Gasteiger partial charge is 0.271 e. The van der Waals surface area contributed by atoms with Gasteiger partial charge in [0, 0.05) is 24.3 Å². The highest BCUT2D eigenvalue weighted by Crippen LogP contribution is 2.28. The first-order valence-corrected chi connectivity index (χ1v) is 9.33. The molecule has 7 nitrogen and oxygen atoms in total. The van der Waals surface area contributed by atoms with Crippen LogP contribution in [-0.2, 0) is 4.74 Å². The number of anilines is 1. The van der Waals surface area contributed by atoms with Gasteiger partial charge in [-0.2, -0.15) is 0 Å². The minimum Gasteiger partial charge on any atom is -0.490 e. The van der Waals surface area contributed by atoms with Crippen molar-refractivity contribution in [2.24, 2.45) is 0 Å². The Bertz CT molecular complexity index is 865. The summed E-state index contributed by atoms with van der Waals surface area (Å²) in [5, 5.41) is 13.6. The van der Waals surface area contributed by atoms with Crippen molar-refractivity contribution in [3.05, 3.63) is 62.1 Å². The molecule has 2 aromatic rings. The van der Waals surface area contributed by atoms with Gasteiger partial charge in [-0.05, 0) is 59.5 Å². The molecule has 1 heterocycles. The first-order valence-electron chi connectivity index (χ1n) is 8.54. The summed E-state index contributed by atoms with van der Waals surface area (Å²) in [4.78, 5) is 22.9. The van der Waals surface area contributed by atoms with Crippen LogP contribution in [0.5, 0.6) is 5.75 Å². The van der Waals surface area contributed by atoms with E-state index >= 15 is 0 Å². The molecule has 0 spiro atoms. The van der Waals surface area contributed by atoms with Crippen molar-refractivity contribution in [1.82, 2.24) is 0 Å². The molecule has 1 amide bonds. The molecular formula is C19H19BrN2O5. The fraction of sp³-hybridized carbons (Fsp3) is 0.316. The van der Waals surface area contributed by atoms with Crippen LogP contribution < -0.4 is 10.1 Å². The highest BCUT2D eigenvalue weighted by Gasteiger charge is 2.17. The first kappa shape index (κ1) is 19.3. The van der Waals surface area contributed by atoms with Crippen molar-refractivity contribution in [2.75, 3.05) is 18.5 Å². The summed E-state index contributed by atoms with van der Waals surface area (Å²) in [5.41, 5.74) is 1.49. The van der Waals surface area contributed by atoms with E-state index in [0.717, 1.165) is 25.0 Å². The topological polar surface area (TPSA) is 90.7 Å². The second kappa shape index (κ2) is 8.49. The summed E-state index contributed by atoms with van der Waals surface area (Å²) in [5.74, 6) is 0.276. The Kier molecular flexibility index (Phi) is 6.08. The zero-order chi connectivity index (χ0) is 19.4. The van der Waals surface area contributed by atoms with Crippen LogP contribution >= 0.6 is 15.9 Å². The molecule has 0 aliphatic carbocycles. The summed E-state index contributed by atoms with van der Waals surface area (Å²) in [6, 6.07) is 9.38. The number of benzene rings is 2. The minimum absolute atomic E-state index is 0.0741. The van der Waals surface area contributed by atoms with E-state index in [-0.39, 0.29) is 17.7 Å². The molecule has 8 heteroatoms. The molecular weight excluding hydrogens is 416 g/mol. The Hall–Kier alpha value is -2.45.